The van der Waals surface area contributed by atoms with Crippen molar-refractivity contribution in [1.29, 1.82) is 0 Å². The third-order valence-corrected chi connectivity index (χ3v) is 4.89. The van der Waals surface area contributed by atoms with Crippen molar-refractivity contribution in [3.05, 3.63) is 23.8 Å². The van der Waals surface area contributed by atoms with Crippen LogP contribution in [0.25, 0.3) is 0 Å². The average Bonchev–Trinajstić information content (AvgIpc) is 2.65. The van der Waals surface area contributed by atoms with Gasteiger partial charge in [-0.1, -0.05) is 19.3 Å². The first-order valence-corrected chi connectivity index (χ1v) is 9.89. The van der Waals surface area contributed by atoms with Crippen LogP contribution in [0.15, 0.2) is 18.2 Å². The Labute approximate surface area is 169 Å². The van der Waals surface area contributed by atoms with Crippen molar-refractivity contribution in [1.82, 2.24) is 10.6 Å². The lowest BCUT2D eigenvalue weighted by atomic mass is 9.96. The highest BCUT2D eigenvalue weighted by Crippen LogP contribution is 2.35. The molecule has 2 rings (SSSR count). The van der Waals surface area contributed by atoms with Crippen LogP contribution >= 0.6 is 0 Å². The van der Waals surface area contributed by atoms with Crippen molar-refractivity contribution in [3.63, 3.8) is 0 Å². The van der Waals surface area contributed by atoms with Crippen LogP contribution in [0.5, 0.6) is 0 Å². The van der Waals surface area contributed by atoms with Gasteiger partial charge in [0.1, 0.15) is 0 Å². The number of benzene rings is 1. The first-order valence-electron chi connectivity index (χ1n) is 9.89. The Balaban J connectivity index is 1.80. The van der Waals surface area contributed by atoms with Crippen LogP contribution in [0.2, 0.25) is 0 Å². The number of nitrogens with zero attached hydrogens (tertiary/aromatic N) is 1. The van der Waals surface area contributed by atoms with Crippen molar-refractivity contribution < 1.29 is 22.8 Å². The van der Waals surface area contributed by atoms with E-state index in [1.807, 2.05) is 0 Å². The summed E-state index contributed by atoms with van der Waals surface area (Å²) >= 11 is 0. The van der Waals surface area contributed by atoms with Crippen LogP contribution in [-0.2, 0) is 11.0 Å². The van der Waals surface area contributed by atoms with E-state index in [1.54, 1.807) is 19.0 Å². The molecule has 0 unspecified atom stereocenters. The third-order valence-electron chi connectivity index (χ3n) is 4.89. The van der Waals surface area contributed by atoms with Crippen LogP contribution < -0.4 is 20.9 Å². The van der Waals surface area contributed by atoms with E-state index in [0.29, 0.717) is 18.7 Å². The van der Waals surface area contributed by atoms with Gasteiger partial charge in [-0.05, 0) is 37.5 Å². The van der Waals surface area contributed by atoms with Gasteiger partial charge in [-0.2, -0.15) is 13.2 Å². The van der Waals surface area contributed by atoms with Gasteiger partial charge in [0.15, 0.2) is 0 Å². The van der Waals surface area contributed by atoms with E-state index in [1.165, 1.54) is 12.5 Å². The van der Waals surface area contributed by atoms with E-state index in [4.69, 9.17) is 0 Å². The number of hydrogen-bond acceptors (Lipinski definition) is 3. The summed E-state index contributed by atoms with van der Waals surface area (Å²) in [6.07, 6.45) is 1.41. The quantitative estimate of drug-likeness (QED) is 0.588. The monoisotopic (exact) mass is 414 g/mol. The molecular weight excluding hydrogens is 385 g/mol. The lowest BCUT2D eigenvalue weighted by Gasteiger charge is -2.22. The van der Waals surface area contributed by atoms with Crippen molar-refractivity contribution in [2.75, 3.05) is 30.9 Å². The first kappa shape index (κ1) is 22.8. The molecule has 0 aromatic heterocycles. The number of rotatable bonds is 7. The molecule has 0 spiro atoms. The number of alkyl halides is 3. The van der Waals surface area contributed by atoms with Gasteiger partial charge in [-0.25, -0.2) is 4.79 Å². The first-order chi connectivity index (χ1) is 13.7. The van der Waals surface area contributed by atoms with Gasteiger partial charge in [0.25, 0.3) is 0 Å². The second-order valence-corrected chi connectivity index (χ2v) is 7.51. The van der Waals surface area contributed by atoms with E-state index in [2.05, 4.69) is 16.0 Å². The zero-order valence-corrected chi connectivity index (χ0v) is 16.9. The number of carbonyl (C=O) groups is 2. The second-order valence-electron chi connectivity index (χ2n) is 7.51. The van der Waals surface area contributed by atoms with Crippen molar-refractivity contribution in [2.24, 2.45) is 0 Å². The van der Waals surface area contributed by atoms with Crippen LogP contribution in [-0.4, -0.2) is 38.6 Å². The van der Waals surface area contributed by atoms with Gasteiger partial charge in [-0.3, -0.25) is 4.79 Å². The molecule has 1 saturated carbocycles. The van der Waals surface area contributed by atoms with E-state index in [9.17, 15) is 22.8 Å². The largest absolute Gasteiger partial charge is 0.416 e. The van der Waals surface area contributed by atoms with Gasteiger partial charge in [0.05, 0.1) is 16.9 Å². The van der Waals surface area contributed by atoms with Crippen LogP contribution in [0.1, 0.15) is 50.5 Å². The zero-order chi connectivity index (χ0) is 21.4. The molecule has 0 atom stereocenters. The van der Waals surface area contributed by atoms with Crippen LogP contribution in [0.4, 0.5) is 29.3 Å². The fourth-order valence-corrected chi connectivity index (χ4v) is 3.35. The minimum absolute atomic E-state index is 0.0901. The molecule has 0 aliphatic heterocycles. The van der Waals surface area contributed by atoms with Gasteiger partial charge in [-0.15, -0.1) is 0 Å². The lowest BCUT2D eigenvalue weighted by molar-refractivity contribution is -0.137. The van der Waals surface area contributed by atoms with E-state index in [0.717, 1.165) is 37.8 Å². The maximum atomic E-state index is 13.0. The highest BCUT2D eigenvalue weighted by molar-refractivity contribution is 5.94. The molecule has 1 fully saturated rings. The van der Waals surface area contributed by atoms with Crippen molar-refractivity contribution in [2.45, 2.75) is 57.2 Å². The number of anilines is 2. The summed E-state index contributed by atoms with van der Waals surface area (Å²) in [4.78, 5) is 25.7. The molecule has 0 heterocycles. The zero-order valence-electron chi connectivity index (χ0n) is 16.9. The molecule has 1 aromatic rings. The molecule has 0 saturated heterocycles. The van der Waals surface area contributed by atoms with Crippen LogP contribution in [0.3, 0.4) is 0 Å². The second kappa shape index (κ2) is 10.4. The molecule has 0 bridgehead atoms. The molecule has 1 aromatic carbocycles. The third kappa shape index (κ3) is 7.47. The molecule has 1 aliphatic carbocycles. The Morgan fingerprint density at radius 1 is 1.14 bits per heavy atom. The predicted octanol–water partition coefficient (Wildman–Crippen LogP) is 4.12. The topological polar surface area (TPSA) is 73.5 Å². The lowest BCUT2D eigenvalue weighted by Crippen LogP contribution is -2.43. The SMILES string of the molecule is CN(C)c1ccc(C(F)(F)F)cc1NC(=O)CCCNC(=O)NC1CCCCC1. The number of urea groups is 1. The molecule has 0 radical (unpaired) electrons. The van der Waals surface area contributed by atoms with Gasteiger partial charge < -0.3 is 20.9 Å². The standard InChI is InChI=1S/C20H29F3N4O2/c1-27(2)17-11-10-14(20(21,22)23)13-16(17)26-18(28)9-6-12-24-19(29)25-15-7-4-3-5-8-15/h10-11,13,15H,3-9,12H2,1-2H3,(H,26,28)(H2,24,25,29). The minimum Gasteiger partial charge on any atom is -0.376 e. The molecule has 3 amide bonds. The van der Waals surface area contributed by atoms with Gasteiger partial charge in [0, 0.05) is 33.1 Å². The van der Waals surface area contributed by atoms with E-state index in [-0.39, 0.29) is 24.2 Å². The average molecular weight is 414 g/mol. The fourth-order valence-electron chi connectivity index (χ4n) is 3.35. The molecule has 1 aliphatic rings. The Hall–Kier alpha value is -2.45. The van der Waals surface area contributed by atoms with Gasteiger partial charge in [0.2, 0.25) is 5.91 Å². The molecular formula is C20H29F3N4O2. The minimum atomic E-state index is -4.49. The summed E-state index contributed by atoms with van der Waals surface area (Å²) in [5.41, 5.74) is -0.228. The van der Waals surface area contributed by atoms with Crippen molar-refractivity contribution >= 4 is 23.3 Å². The smallest absolute Gasteiger partial charge is 0.376 e. The summed E-state index contributed by atoms with van der Waals surface area (Å²) in [6.45, 7) is 0.315. The summed E-state index contributed by atoms with van der Waals surface area (Å²) in [5.74, 6) is -0.401. The number of amides is 3. The summed E-state index contributed by atoms with van der Waals surface area (Å²) in [5, 5.41) is 8.19. The maximum Gasteiger partial charge on any atom is 0.416 e. The predicted molar refractivity (Wildman–Crippen MR) is 107 cm³/mol. The van der Waals surface area contributed by atoms with Crippen molar-refractivity contribution in [3.8, 4) is 0 Å². The highest BCUT2D eigenvalue weighted by Gasteiger charge is 2.31. The normalized spacial score (nSPS) is 14.9. The van der Waals surface area contributed by atoms with Crippen LogP contribution in [0, 0.1) is 0 Å². The summed E-state index contributed by atoms with van der Waals surface area (Å²) < 4.78 is 38.9. The molecule has 6 nitrogen and oxygen atoms in total. The molecule has 162 valence electrons. The summed E-state index contributed by atoms with van der Waals surface area (Å²) in [7, 11) is 3.38. The Morgan fingerprint density at radius 3 is 2.45 bits per heavy atom. The summed E-state index contributed by atoms with van der Waals surface area (Å²) in [6, 6.07) is 3.21. The Kier molecular flexibility index (Phi) is 8.16. The molecule has 9 heteroatoms. The number of nitrogens with one attached hydrogen (secondary N) is 3. The fraction of sp³-hybridized carbons (Fsp3) is 0.600. The van der Waals surface area contributed by atoms with Gasteiger partial charge >= 0.3 is 12.2 Å². The Morgan fingerprint density at radius 2 is 1.83 bits per heavy atom. The molecule has 29 heavy (non-hydrogen) atoms. The Bertz CT molecular complexity index is 701. The molecule has 3 N–H and O–H groups in total. The number of carbonyl (C=O) groups excluding carboxylic acids is 2. The van der Waals surface area contributed by atoms with E-state index < -0.39 is 17.6 Å². The number of hydrogen-bond donors (Lipinski definition) is 3. The highest BCUT2D eigenvalue weighted by atomic mass is 19.4. The number of halogens is 3. The van der Waals surface area contributed by atoms with E-state index >= 15 is 0 Å². The maximum absolute atomic E-state index is 13.0.